The van der Waals surface area contributed by atoms with Crippen LogP contribution in [0.5, 0.6) is 0 Å². The molecule has 1 aromatic carbocycles. The van der Waals surface area contributed by atoms with E-state index in [1.165, 1.54) is 10.8 Å². The molecule has 8 nitrogen and oxygen atoms in total. The van der Waals surface area contributed by atoms with Crippen LogP contribution < -0.4 is 16.6 Å². The molecule has 2 heterocycles. The number of nitrogens with one attached hydrogen (secondary N) is 2. The molecule has 2 aromatic rings. The van der Waals surface area contributed by atoms with Crippen LogP contribution in [-0.2, 0) is 22.4 Å². The van der Waals surface area contributed by atoms with Crippen molar-refractivity contribution in [3.63, 3.8) is 0 Å². The van der Waals surface area contributed by atoms with Gasteiger partial charge in [0, 0.05) is 34.8 Å². The van der Waals surface area contributed by atoms with Crippen LogP contribution in [0.3, 0.4) is 0 Å². The summed E-state index contributed by atoms with van der Waals surface area (Å²) < 4.78 is 7.06. The SMILES string of the molecule is CCCc1cn([C@@H]2CC(O)[C@H](CNC(=O)Cc3c(Cl)cccc3Cl)O2)c(=O)[nH]c1=O. The number of amides is 1. The minimum atomic E-state index is -0.882. The Morgan fingerprint density at radius 2 is 2.03 bits per heavy atom. The van der Waals surface area contributed by atoms with Crippen molar-refractivity contribution in [3.8, 4) is 0 Å². The number of ether oxygens (including phenoxy) is 1. The number of H-pyrrole nitrogens is 1. The van der Waals surface area contributed by atoms with Crippen LogP contribution in [0.25, 0.3) is 0 Å². The van der Waals surface area contributed by atoms with Gasteiger partial charge < -0.3 is 15.2 Å². The average Bonchev–Trinajstić information content (AvgIpc) is 3.06. The average molecular weight is 456 g/mol. The molecule has 0 spiro atoms. The number of aryl methyl sites for hydroxylation is 1. The molecule has 1 saturated heterocycles. The third kappa shape index (κ3) is 5.13. The van der Waals surface area contributed by atoms with Crippen molar-refractivity contribution < 1.29 is 14.6 Å². The van der Waals surface area contributed by atoms with Gasteiger partial charge in [0.2, 0.25) is 5.91 Å². The number of carbonyl (C=O) groups is 1. The van der Waals surface area contributed by atoms with Crippen molar-refractivity contribution in [2.24, 2.45) is 0 Å². The predicted molar refractivity (Wildman–Crippen MR) is 113 cm³/mol. The van der Waals surface area contributed by atoms with E-state index in [1.54, 1.807) is 18.2 Å². The summed E-state index contributed by atoms with van der Waals surface area (Å²) in [5, 5.41) is 13.8. The van der Waals surface area contributed by atoms with Crippen LogP contribution in [0.4, 0.5) is 0 Å². The van der Waals surface area contributed by atoms with E-state index in [4.69, 9.17) is 27.9 Å². The number of aliphatic hydroxyl groups excluding tert-OH is 1. The van der Waals surface area contributed by atoms with Gasteiger partial charge in [-0.15, -0.1) is 0 Å². The van der Waals surface area contributed by atoms with Gasteiger partial charge in [-0.2, -0.15) is 0 Å². The molecular formula is C20H23Cl2N3O5. The maximum absolute atomic E-state index is 12.3. The molecule has 1 aliphatic heterocycles. The minimum Gasteiger partial charge on any atom is -0.390 e. The summed E-state index contributed by atoms with van der Waals surface area (Å²) in [7, 11) is 0. The number of hydrogen-bond acceptors (Lipinski definition) is 5. The Morgan fingerprint density at radius 1 is 1.33 bits per heavy atom. The van der Waals surface area contributed by atoms with Gasteiger partial charge in [-0.25, -0.2) is 4.79 Å². The van der Waals surface area contributed by atoms with Gasteiger partial charge in [0.1, 0.15) is 12.3 Å². The molecule has 3 atom stereocenters. The molecule has 1 amide bonds. The van der Waals surface area contributed by atoms with E-state index in [1.807, 2.05) is 6.92 Å². The summed E-state index contributed by atoms with van der Waals surface area (Å²) in [6.45, 7) is 1.98. The number of halogens is 2. The van der Waals surface area contributed by atoms with E-state index < -0.39 is 29.7 Å². The number of hydrogen-bond donors (Lipinski definition) is 3. The molecule has 1 unspecified atom stereocenters. The largest absolute Gasteiger partial charge is 0.390 e. The standard InChI is InChI=1S/C20H23Cl2N3O5/c1-2-4-11-10-25(20(29)24-19(11)28)18-8-15(26)16(30-18)9-23-17(27)7-12-13(21)5-3-6-14(12)22/h3,5-6,10,15-16,18,26H,2,4,7-9H2,1H3,(H,23,27)(H,24,28,29)/t15?,16-,18-/m0/s1. The predicted octanol–water partition coefficient (Wildman–Crippen LogP) is 1.80. The van der Waals surface area contributed by atoms with Gasteiger partial charge in [-0.1, -0.05) is 42.6 Å². The first-order chi connectivity index (χ1) is 14.3. The van der Waals surface area contributed by atoms with Crippen LogP contribution in [0.1, 0.15) is 37.1 Å². The quantitative estimate of drug-likeness (QED) is 0.588. The van der Waals surface area contributed by atoms with E-state index in [0.29, 0.717) is 27.6 Å². The van der Waals surface area contributed by atoms with E-state index in [0.717, 1.165) is 6.42 Å². The second-order valence-corrected chi connectivity index (χ2v) is 8.00. The summed E-state index contributed by atoms with van der Waals surface area (Å²) in [6, 6.07) is 5.00. The van der Waals surface area contributed by atoms with Crippen molar-refractivity contribution in [2.45, 2.75) is 51.0 Å². The van der Waals surface area contributed by atoms with Gasteiger partial charge in [0.05, 0.1) is 12.5 Å². The zero-order chi connectivity index (χ0) is 21.8. The molecule has 0 bridgehead atoms. The first-order valence-electron chi connectivity index (χ1n) is 9.67. The highest BCUT2D eigenvalue weighted by Crippen LogP contribution is 2.28. The molecule has 10 heteroatoms. The van der Waals surface area contributed by atoms with Crippen LogP contribution in [0.15, 0.2) is 34.0 Å². The number of aromatic amines is 1. The molecule has 0 saturated carbocycles. The molecule has 3 N–H and O–H groups in total. The fourth-order valence-electron chi connectivity index (χ4n) is 3.40. The van der Waals surface area contributed by atoms with Crippen molar-refractivity contribution in [3.05, 3.63) is 66.4 Å². The molecule has 1 fully saturated rings. The first-order valence-corrected chi connectivity index (χ1v) is 10.4. The second-order valence-electron chi connectivity index (χ2n) is 7.18. The fraction of sp³-hybridized carbons (Fsp3) is 0.450. The number of benzene rings is 1. The van der Waals surface area contributed by atoms with E-state index in [-0.39, 0.29) is 25.3 Å². The van der Waals surface area contributed by atoms with E-state index in [9.17, 15) is 19.5 Å². The third-order valence-electron chi connectivity index (χ3n) is 4.97. The van der Waals surface area contributed by atoms with Crippen molar-refractivity contribution in [1.29, 1.82) is 0 Å². The summed E-state index contributed by atoms with van der Waals surface area (Å²) in [4.78, 5) is 38.6. The van der Waals surface area contributed by atoms with Crippen molar-refractivity contribution in [2.75, 3.05) is 6.54 Å². The summed E-state index contributed by atoms with van der Waals surface area (Å²) in [6.07, 6.45) is 0.581. The van der Waals surface area contributed by atoms with Gasteiger partial charge >= 0.3 is 5.69 Å². The Hall–Kier alpha value is -2.13. The van der Waals surface area contributed by atoms with Crippen molar-refractivity contribution >= 4 is 29.1 Å². The van der Waals surface area contributed by atoms with E-state index >= 15 is 0 Å². The van der Waals surface area contributed by atoms with Gasteiger partial charge in [-0.05, 0) is 24.1 Å². The highest BCUT2D eigenvalue weighted by Gasteiger charge is 2.35. The van der Waals surface area contributed by atoms with Crippen LogP contribution in [-0.4, -0.2) is 39.3 Å². The van der Waals surface area contributed by atoms with Gasteiger partial charge in [0.25, 0.3) is 5.56 Å². The highest BCUT2D eigenvalue weighted by molar-refractivity contribution is 6.36. The Kier molecular flexibility index (Phi) is 7.36. The Bertz CT molecular complexity index is 1020. The number of aromatic nitrogens is 2. The van der Waals surface area contributed by atoms with Gasteiger partial charge in [-0.3, -0.25) is 19.1 Å². The second kappa shape index (κ2) is 9.78. The molecule has 1 aromatic heterocycles. The lowest BCUT2D eigenvalue weighted by Gasteiger charge is -2.17. The van der Waals surface area contributed by atoms with Crippen molar-refractivity contribution in [1.82, 2.24) is 14.9 Å². The molecule has 0 radical (unpaired) electrons. The van der Waals surface area contributed by atoms with E-state index in [2.05, 4.69) is 10.3 Å². The number of nitrogens with zero attached hydrogens (tertiary/aromatic N) is 1. The van der Waals surface area contributed by atoms with Crippen LogP contribution >= 0.6 is 23.2 Å². The Labute approximate surface area is 182 Å². The zero-order valence-electron chi connectivity index (χ0n) is 16.4. The molecule has 3 rings (SSSR count). The Morgan fingerprint density at radius 3 is 2.70 bits per heavy atom. The lowest BCUT2D eigenvalue weighted by molar-refractivity contribution is -0.121. The van der Waals surface area contributed by atoms with Crippen LogP contribution in [0.2, 0.25) is 10.0 Å². The third-order valence-corrected chi connectivity index (χ3v) is 5.68. The summed E-state index contributed by atoms with van der Waals surface area (Å²) in [5.74, 6) is -0.323. The molecule has 30 heavy (non-hydrogen) atoms. The molecule has 0 aliphatic carbocycles. The lowest BCUT2D eigenvalue weighted by atomic mass is 10.1. The minimum absolute atomic E-state index is 0.00942. The Balaban J connectivity index is 1.63. The monoisotopic (exact) mass is 455 g/mol. The smallest absolute Gasteiger partial charge is 0.330 e. The maximum Gasteiger partial charge on any atom is 0.330 e. The molecular weight excluding hydrogens is 433 g/mol. The van der Waals surface area contributed by atoms with Crippen LogP contribution in [0, 0.1) is 0 Å². The number of rotatable bonds is 7. The van der Waals surface area contributed by atoms with Gasteiger partial charge in [0.15, 0.2) is 0 Å². The first kappa shape index (κ1) is 22.6. The fourth-order valence-corrected chi connectivity index (χ4v) is 3.93. The normalized spacial score (nSPS) is 21.0. The molecule has 162 valence electrons. The summed E-state index contributed by atoms with van der Waals surface area (Å²) in [5.41, 5.74) is -0.0234. The lowest BCUT2D eigenvalue weighted by Crippen LogP contribution is -2.38. The highest BCUT2D eigenvalue weighted by atomic mass is 35.5. The maximum atomic E-state index is 12.3. The molecule has 1 aliphatic rings. The number of carbonyl (C=O) groups excluding carboxylic acids is 1. The topological polar surface area (TPSA) is 113 Å². The summed E-state index contributed by atoms with van der Waals surface area (Å²) >= 11 is 12.2. The number of aliphatic hydroxyl groups is 1. The zero-order valence-corrected chi connectivity index (χ0v) is 17.9.